The van der Waals surface area contributed by atoms with E-state index in [1.54, 1.807) is 18.2 Å². The van der Waals surface area contributed by atoms with Crippen LogP contribution in [0.25, 0.3) is 0 Å². The number of rotatable bonds is 10. The number of sulfonamides is 1. The van der Waals surface area contributed by atoms with Crippen molar-refractivity contribution in [3.05, 3.63) is 58.6 Å². The van der Waals surface area contributed by atoms with Crippen molar-refractivity contribution in [2.45, 2.75) is 39.7 Å². The molecular weight excluding hydrogens is 424 g/mol. The van der Waals surface area contributed by atoms with Crippen LogP contribution in [0.3, 0.4) is 0 Å². The van der Waals surface area contributed by atoms with Crippen molar-refractivity contribution in [1.29, 1.82) is 0 Å². The highest BCUT2D eigenvalue weighted by Crippen LogP contribution is 2.26. The summed E-state index contributed by atoms with van der Waals surface area (Å²) in [5, 5.41) is 3.42. The standard InChI is InChI=1S/C22H29ClN2O4S/c1-5-29-20-12-9-18(10-13-20)17(3)24-22(26)7-6-14-25(30(4,27)28)21-15-19(23)11-8-16(21)2/h8-13,15,17H,5-7,14H2,1-4H3,(H,24,26)/t17-/m1/s1. The largest absolute Gasteiger partial charge is 0.494 e. The molecule has 2 aromatic carbocycles. The lowest BCUT2D eigenvalue weighted by atomic mass is 10.1. The number of halogens is 1. The number of hydrogen-bond acceptors (Lipinski definition) is 4. The summed E-state index contributed by atoms with van der Waals surface area (Å²) in [6, 6.07) is 12.6. The number of hydrogen-bond donors (Lipinski definition) is 1. The van der Waals surface area contributed by atoms with Gasteiger partial charge in [0.1, 0.15) is 5.75 Å². The second-order valence-electron chi connectivity index (χ2n) is 7.16. The first-order valence-electron chi connectivity index (χ1n) is 9.87. The van der Waals surface area contributed by atoms with Crippen LogP contribution in [0.15, 0.2) is 42.5 Å². The fourth-order valence-electron chi connectivity index (χ4n) is 3.12. The van der Waals surface area contributed by atoms with E-state index in [2.05, 4.69) is 5.32 Å². The molecule has 0 saturated carbocycles. The molecule has 30 heavy (non-hydrogen) atoms. The van der Waals surface area contributed by atoms with Crippen LogP contribution in [-0.2, 0) is 14.8 Å². The maximum atomic E-state index is 12.4. The average Bonchev–Trinajstić information content (AvgIpc) is 2.67. The molecule has 0 aliphatic rings. The number of nitrogens with one attached hydrogen (secondary N) is 1. The fourth-order valence-corrected chi connectivity index (χ4v) is 4.30. The van der Waals surface area contributed by atoms with Crippen molar-refractivity contribution in [3.8, 4) is 5.75 Å². The van der Waals surface area contributed by atoms with Crippen LogP contribution in [0.2, 0.25) is 5.02 Å². The molecule has 0 aliphatic heterocycles. The third-order valence-corrected chi connectivity index (χ3v) is 6.09. The maximum absolute atomic E-state index is 12.4. The summed E-state index contributed by atoms with van der Waals surface area (Å²) in [6.07, 6.45) is 1.76. The minimum absolute atomic E-state index is 0.132. The van der Waals surface area contributed by atoms with Crippen LogP contribution in [0.1, 0.15) is 43.9 Å². The van der Waals surface area contributed by atoms with Gasteiger partial charge in [-0.15, -0.1) is 0 Å². The lowest BCUT2D eigenvalue weighted by Gasteiger charge is -2.24. The van der Waals surface area contributed by atoms with Gasteiger partial charge in [0.2, 0.25) is 15.9 Å². The van der Waals surface area contributed by atoms with Crippen molar-refractivity contribution in [2.75, 3.05) is 23.7 Å². The second kappa shape index (κ2) is 10.7. The Morgan fingerprint density at radius 3 is 2.47 bits per heavy atom. The molecule has 0 aromatic heterocycles. The van der Waals surface area contributed by atoms with Gasteiger partial charge >= 0.3 is 0 Å². The summed E-state index contributed by atoms with van der Waals surface area (Å²) in [4.78, 5) is 12.4. The van der Waals surface area contributed by atoms with Crippen LogP contribution in [0, 0.1) is 6.92 Å². The molecule has 2 aromatic rings. The average molecular weight is 453 g/mol. The molecule has 6 nitrogen and oxygen atoms in total. The molecule has 8 heteroatoms. The smallest absolute Gasteiger partial charge is 0.232 e. The Balaban J connectivity index is 1.94. The minimum Gasteiger partial charge on any atom is -0.494 e. The van der Waals surface area contributed by atoms with Crippen LogP contribution < -0.4 is 14.4 Å². The van der Waals surface area contributed by atoms with Gasteiger partial charge in [-0.05, 0) is 62.6 Å². The molecule has 1 N–H and O–H groups in total. The van der Waals surface area contributed by atoms with Gasteiger partial charge in [0.25, 0.3) is 0 Å². The topological polar surface area (TPSA) is 75.7 Å². The predicted octanol–water partition coefficient (Wildman–Crippen LogP) is 4.47. The number of carbonyl (C=O) groups is 1. The van der Waals surface area contributed by atoms with Gasteiger partial charge < -0.3 is 10.1 Å². The van der Waals surface area contributed by atoms with Gasteiger partial charge in [0.05, 0.1) is 24.6 Å². The molecule has 0 fully saturated rings. The minimum atomic E-state index is -3.50. The fraction of sp³-hybridized carbons (Fsp3) is 0.409. The zero-order chi connectivity index (χ0) is 22.3. The number of carbonyl (C=O) groups excluding carboxylic acids is 1. The zero-order valence-corrected chi connectivity index (χ0v) is 19.4. The number of anilines is 1. The lowest BCUT2D eigenvalue weighted by Crippen LogP contribution is -2.33. The van der Waals surface area contributed by atoms with Gasteiger partial charge in [0.15, 0.2) is 0 Å². The second-order valence-corrected chi connectivity index (χ2v) is 9.50. The summed E-state index contributed by atoms with van der Waals surface area (Å²) in [6.45, 7) is 6.46. The highest BCUT2D eigenvalue weighted by molar-refractivity contribution is 7.92. The van der Waals surface area contributed by atoms with E-state index in [0.717, 1.165) is 23.1 Å². The molecule has 1 amide bonds. The highest BCUT2D eigenvalue weighted by atomic mass is 35.5. The Morgan fingerprint density at radius 1 is 1.20 bits per heavy atom. The summed E-state index contributed by atoms with van der Waals surface area (Å²) in [5.41, 5.74) is 2.31. The molecule has 0 aliphatic carbocycles. The van der Waals surface area contributed by atoms with Gasteiger partial charge in [-0.2, -0.15) is 0 Å². The molecule has 0 spiro atoms. The normalized spacial score (nSPS) is 12.3. The van der Waals surface area contributed by atoms with Crippen molar-refractivity contribution in [1.82, 2.24) is 5.32 Å². The first-order chi connectivity index (χ1) is 14.1. The molecule has 1 atom stereocenters. The van der Waals surface area contributed by atoms with Gasteiger partial charge in [-0.1, -0.05) is 29.8 Å². The number of amides is 1. The van der Waals surface area contributed by atoms with E-state index >= 15 is 0 Å². The van der Waals surface area contributed by atoms with E-state index in [4.69, 9.17) is 16.3 Å². The molecule has 0 unspecified atom stereocenters. The number of nitrogens with zero attached hydrogens (tertiary/aromatic N) is 1. The van der Waals surface area contributed by atoms with Gasteiger partial charge in [-0.25, -0.2) is 8.42 Å². The Labute approximate surface area is 184 Å². The SMILES string of the molecule is CCOc1ccc([C@@H](C)NC(=O)CCCN(c2cc(Cl)ccc2C)S(C)(=O)=O)cc1. The Morgan fingerprint density at radius 2 is 1.87 bits per heavy atom. The lowest BCUT2D eigenvalue weighted by molar-refractivity contribution is -0.121. The first-order valence-corrected chi connectivity index (χ1v) is 12.1. The Bertz CT molecular complexity index is 962. The maximum Gasteiger partial charge on any atom is 0.232 e. The van der Waals surface area contributed by atoms with Crippen LogP contribution in [0.5, 0.6) is 5.75 Å². The van der Waals surface area contributed by atoms with E-state index in [9.17, 15) is 13.2 Å². The van der Waals surface area contributed by atoms with E-state index in [0.29, 0.717) is 23.7 Å². The summed E-state index contributed by atoms with van der Waals surface area (Å²) >= 11 is 6.04. The quantitative estimate of drug-likeness (QED) is 0.577. The number of aryl methyl sites for hydroxylation is 1. The van der Waals surface area contributed by atoms with E-state index in [1.165, 1.54) is 4.31 Å². The molecule has 0 saturated heterocycles. The third kappa shape index (κ3) is 6.92. The summed E-state index contributed by atoms with van der Waals surface area (Å²) < 4.78 is 31.3. The van der Waals surface area contributed by atoms with Crippen LogP contribution in [0.4, 0.5) is 5.69 Å². The molecule has 0 radical (unpaired) electrons. The molecule has 0 bridgehead atoms. The van der Waals surface area contributed by atoms with Crippen LogP contribution in [-0.4, -0.2) is 33.7 Å². The van der Waals surface area contributed by atoms with Crippen molar-refractivity contribution < 1.29 is 17.9 Å². The molecular formula is C22H29ClN2O4S. The Kier molecular flexibility index (Phi) is 8.55. The summed E-state index contributed by atoms with van der Waals surface area (Å²) in [5.74, 6) is 0.657. The molecule has 0 heterocycles. The first kappa shape index (κ1) is 24.0. The van der Waals surface area contributed by atoms with Crippen LogP contribution >= 0.6 is 11.6 Å². The monoisotopic (exact) mass is 452 g/mol. The zero-order valence-electron chi connectivity index (χ0n) is 17.8. The Hall–Kier alpha value is -2.25. The van der Waals surface area contributed by atoms with Gasteiger partial charge in [0, 0.05) is 18.0 Å². The van der Waals surface area contributed by atoms with E-state index in [-0.39, 0.29) is 24.9 Å². The van der Waals surface area contributed by atoms with E-state index < -0.39 is 10.0 Å². The van der Waals surface area contributed by atoms with Crippen molar-refractivity contribution in [3.63, 3.8) is 0 Å². The number of benzene rings is 2. The van der Waals surface area contributed by atoms with Crippen molar-refractivity contribution >= 4 is 33.2 Å². The van der Waals surface area contributed by atoms with E-state index in [1.807, 2.05) is 45.0 Å². The number of ether oxygens (including phenoxy) is 1. The predicted molar refractivity (Wildman–Crippen MR) is 122 cm³/mol. The summed E-state index contributed by atoms with van der Waals surface area (Å²) in [7, 11) is -3.50. The molecule has 2 rings (SSSR count). The highest BCUT2D eigenvalue weighted by Gasteiger charge is 2.20. The molecule has 164 valence electrons. The third-order valence-electron chi connectivity index (χ3n) is 4.67. The van der Waals surface area contributed by atoms with Gasteiger partial charge in [-0.3, -0.25) is 9.10 Å². The van der Waals surface area contributed by atoms with Crippen molar-refractivity contribution in [2.24, 2.45) is 0 Å².